The largest absolute Gasteiger partial charge is 0.357 e. The molecule has 1 N–H and O–H groups in total. The minimum absolute atomic E-state index is 0.0972. The second kappa shape index (κ2) is 10.9. The van der Waals surface area contributed by atoms with E-state index >= 15 is 0 Å². The third-order valence-electron chi connectivity index (χ3n) is 4.81. The number of nitrogens with one attached hydrogen (secondary N) is 1. The third kappa shape index (κ3) is 6.27. The summed E-state index contributed by atoms with van der Waals surface area (Å²) in [6.45, 7) is 1.10. The van der Waals surface area contributed by atoms with Crippen LogP contribution in [0.15, 0.2) is 53.0 Å². The molecule has 0 heterocycles. The molecule has 0 radical (unpaired) electrons. The van der Waals surface area contributed by atoms with Crippen molar-refractivity contribution in [3.8, 4) is 0 Å². The zero-order chi connectivity index (χ0) is 24.1. The van der Waals surface area contributed by atoms with Gasteiger partial charge in [0.25, 0.3) is 0 Å². The van der Waals surface area contributed by atoms with Crippen molar-refractivity contribution in [2.24, 2.45) is 0 Å². The first-order valence-corrected chi connectivity index (χ1v) is 11.9. The second-order valence-corrected chi connectivity index (χ2v) is 10.2. The van der Waals surface area contributed by atoms with E-state index in [0.717, 1.165) is 30.8 Å². The van der Waals surface area contributed by atoms with Crippen molar-refractivity contribution in [1.29, 1.82) is 0 Å². The Balaban J connectivity index is 2.42. The van der Waals surface area contributed by atoms with Crippen molar-refractivity contribution in [1.82, 2.24) is 14.5 Å². The Labute approximate surface area is 196 Å². The first kappa shape index (κ1) is 25.8. The zero-order valence-corrected chi connectivity index (χ0v) is 20.7. The van der Waals surface area contributed by atoms with Gasteiger partial charge in [0, 0.05) is 32.2 Å². The van der Waals surface area contributed by atoms with Crippen LogP contribution >= 0.6 is 15.9 Å². The van der Waals surface area contributed by atoms with Crippen molar-refractivity contribution < 1.29 is 22.4 Å². The van der Waals surface area contributed by atoms with Crippen LogP contribution in [0.25, 0.3) is 0 Å². The molecule has 2 amide bonds. The van der Waals surface area contributed by atoms with Gasteiger partial charge in [0.2, 0.25) is 11.8 Å². The molecule has 0 saturated carbocycles. The minimum atomic E-state index is -4.07. The summed E-state index contributed by atoms with van der Waals surface area (Å²) >= 11 is 3.35. The van der Waals surface area contributed by atoms with Crippen LogP contribution in [-0.4, -0.2) is 63.2 Å². The number of nitrogens with zero attached hydrogens (tertiary/aromatic N) is 3. The van der Waals surface area contributed by atoms with Gasteiger partial charge in [-0.1, -0.05) is 28.1 Å². The molecule has 0 aliphatic carbocycles. The number of hydrogen-bond donors (Lipinski definition) is 1. The van der Waals surface area contributed by atoms with Crippen LogP contribution in [-0.2, 0) is 26.3 Å². The highest BCUT2D eigenvalue weighted by Crippen LogP contribution is 2.21. The predicted octanol–water partition coefficient (Wildman–Crippen LogP) is 2.36. The lowest BCUT2D eigenvalue weighted by Crippen LogP contribution is -2.52. The van der Waals surface area contributed by atoms with Crippen LogP contribution < -0.4 is 9.62 Å². The fourth-order valence-electron chi connectivity index (χ4n) is 2.90. The molecular formula is C21H26BrFN4O4S. The van der Waals surface area contributed by atoms with E-state index in [1.807, 2.05) is 12.1 Å². The van der Waals surface area contributed by atoms with Gasteiger partial charge in [0.15, 0.2) is 0 Å². The molecule has 1 atom stereocenters. The molecule has 0 saturated heterocycles. The molecule has 0 unspecified atom stereocenters. The lowest BCUT2D eigenvalue weighted by Gasteiger charge is -2.32. The Morgan fingerprint density at radius 2 is 1.62 bits per heavy atom. The van der Waals surface area contributed by atoms with Crippen LogP contribution in [0.2, 0.25) is 0 Å². The third-order valence-corrected chi connectivity index (χ3v) is 7.16. The first-order chi connectivity index (χ1) is 15.0. The van der Waals surface area contributed by atoms with Crippen molar-refractivity contribution in [2.45, 2.75) is 19.5 Å². The first-order valence-electron chi connectivity index (χ1n) is 9.68. The summed E-state index contributed by atoms with van der Waals surface area (Å²) in [6, 6.07) is 11.2. The summed E-state index contributed by atoms with van der Waals surface area (Å²) in [4.78, 5) is 26.9. The summed E-state index contributed by atoms with van der Waals surface area (Å²) < 4.78 is 42.0. The maximum atomic E-state index is 13.4. The monoisotopic (exact) mass is 528 g/mol. The number of carbonyl (C=O) groups excluding carboxylic acids is 2. The highest BCUT2D eigenvalue weighted by molar-refractivity contribution is 9.10. The number of benzene rings is 2. The summed E-state index contributed by atoms with van der Waals surface area (Å²) in [5.41, 5.74) is 0.894. The second-order valence-electron chi connectivity index (χ2n) is 7.21. The van der Waals surface area contributed by atoms with E-state index in [2.05, 4.69) is 21.2 Å². The van der Waals surface area contributed by atoms with Crippen molar-refractivity contribution in [3.63, 3.8) is 0 Å². The number of halogens is 2. The van der Waals surface area contributed by atoms with Crippen molar-refractivity contribution in [2.75, 3.05) is 32.0 Å². The average molecular weight is 529 g/mol. The highest BCUT2D eigenvalue weighted by Gasteiger charge is 2.32. The Kier molecular flexibility index (Phi) is 8.76. The normalized spacial score (nSPS) is 12.3. The summed E-state index contributed by atoms with van der Waals surface area (Å²) in [6.07, 6.45) is 0. The SMILES string of the molecule is CNC(=O)[C@H](C)N(Cc1ccc(Br)cc1)C(=O)CN(c1ccc(F)cc1)S(=O)(=O)N(C)C. The quantitative estimate of drug-likeness (QED) is 0.540. The van der Waals surface area contributed by atoms with Gasteiger partial charge in [-0.3, -0.25) is 9.59 Å². The molecule has 2 aromatic rings. The number of amides is 2. The number of hydrogen-bond acceptors (Lipinski definition) is 4. The summed E-state index contributed by atoms with van der Waals surface area (Å²) in [7, 11) is 0.0600. The number of likely N-dealkylation sites (N-methyl/N-ethyl adjacent to an activating group) is 1. The van der Waals surface area contributed by atoms with Gasteiger partial charge in [-0.25, -0.2) is 8.70 Å². The van der Waals surface area contributed by atoms with E-state index in [4.69, 9.17) is 0 Å². The van der Waals surface area contributed by atoms with Crippen molar-refractivity contribution >= 4 is 43.6 Å². The molecule has 0 aliphatic rings. The van der Waals surface area contributed by atoms with Gasteiger partial charge >= 0.3 is 10.2 Å². The number of carbonyl (C=O) groups is 2. The summed E-state index contributed by atoms with van der Waals surface area (Å²) in [5.74, 6) is -1.51. The molecule has 11 heteroatoms. The highest BCUT2D eigenvalue weighted by atomic mass is 79.9. The Morgan fingerprint density at radius 1 is 1.06 bits per heavy atom. The molecule has 0 aliphatic heterocycles. The molecule has 0 bridgehead atoms. The molecule has 8 nitrogen and oxygen atoms in total. The Hall–Kier alpha value is -2.50. The van der Waals surface area contributed by atoms with Crippen LogP contribution in [0.1, 0.15) is 12.5 Å². The van der Waals surface area contributed by atoms with E-state index in [9.17, 15) is 22.4 Å². The van der Waals surface area contributed by atoms with Gasteiger partial charge < -0.3 is 10.2 Å². The van der Waals surface area contributed by atoms with E-state index < -0.39 is 34.5 Å². The lowest BCUT2D eigenvalue weighted by atomic mass is 10.1. The van der Waals surface area contributed by atoms with Gasteiger partial charge in [0.05, 0.1) is 5.69 Å². The fraction of sp³-hybridized carbons (Fsp3) is 0.333. The number of rotatable bonds is 9. The molecule has 2 aromatic carbocycles. The molecule has 0 aromatic heterocycles. The Bertz CT molecular complexity index is 1050. The molecule has 174 valence electrons. The van der Waals surface area contributed by atoms with Gasteiger partial charge in [-0.05, 0) is 48.9 Å². The topological polar surface area (TPSA) is 90.0 Å². The van der Waals surface area contributed by atoms with Crippen LogP contribution in [0, 0.1) is 5.82 Å². The Morgan fingerprint density at radius 3 is 2.12 bits per heavy atom. The van der Waals surface area contributed by atoms with Gasteiger partial charge in [-0.15, -0.1) is 0 Å². The minimum Gasteiger partial charge on any atom is -0.357 e. The molecule has 0 spiro atoms. The van der Waals surface area contributed by atoms with Crippen molar-refractivity contribution in [3.05, 3.63) is 64.4 Å². The smallest absolute Gasteiger partial charge is 0.304 e. The summed E-state index contributed by atoms with van der Waals surface area (Å²) in [5, 5.41) is 2.51. The zero-order valence-electron chi connectivity index (χ0n) is 18.2. The maximum Gasteiger partial charge on any atom is 0.304 e. The average Bonchev–Trinajstić information content (AvgIpc) is 2.76. The van der Waals surface area contributed by atoms with E-state index in [1.165, 1.54) is 38.2 Å². The van der Waals surface area contributed by atoms with Crippen LogP contribution in [0.3, 0.4) is 0 Å². The standard InChI is InChI=1S/C21H26BrFN4O4S/c1-15(21(29)24-2)26(13-16-5-7-17(22)8-6-16)20(28)14-27(32(30,31)25(3)4)19-11-9-18(23)10-12-19/h5-12,15H,13-14H2,1-4H3,(H,24,29)/t15-/m0/s1. The molecule has 0 fully saturated rings. The van der Waals surface area contributed by atoms with E-state index in [1.54, 1.807) is 19.1 Å². The molecule has 32 heavy (non-hydrogen) atoms. The van der Waals surface area contributed by atoms with Gasteiger partial charge in [-0.2, -0.15) is 12.7 Å². The lowest BCUT2D eigenvalue weighted by molar-refractivity contribution is -0.139. The number of anilines is 1. The maximum absolute atomic E-state index is 13.4. The van der Waals surface area contributed by atoms with Crippen LogP contribution in [0.5, 0.6) is 0 Å². The van der Waals surface area contributed by atoms with Crippen LogP contribution in [0.4, 0.5) is 10.1 Å². The molecule has 2 rings (SSSR count). The van der Waals surface area contributed by atoms with E-state index in [0.29, 0.717) is 0 Å². The molecular weight excluding hydrogens is 503 g/mol. The predicted molar refractivity (Wildman–Crippen MR) is 125 cm³/mol. The van der Waals surface area contributed by atoms with E-state index in [-0.39, 0.29) is 18.1 Å². The van der Waals surface area contributed by atoms with Gasteiger partial charge in [0.1, 0.15) is 18.4 Å². The fourth-order valence-corrected chi connectivity index (χ4v) is 4.22.